The summed E-state index contributed by atoms with van der Waals surface area (Å²) in [6.45, 7) is 0. The molecule has 0 aliphatic carbocycles. The van der Waals surface area contributed by atoms with Gasteiger partial charge in [-0.3, -0.25) is 4.79 Å². The van der Waals surface area contributed by atoms with Crippen LogP contribution in [0, 0.1) is 0 Å². The molecule has 1 heterocycles. The second-order valence-electron chi connectivity index (χ2n) is 3.45. The van der Waals surface area contributed by atoms with Gasteiger partial charge in [0.2, 0.25) is 0 Å². The minimum absolute atomic E-state index is 0.0417. The van der Waals surface area contributed by atoms with Crippen LogP contribution in [0.25, 0.3) is 0 Å². The number of tetrazole rings is 1. The third kappa shape index (κ3) is 3.19. The fourth-order valence-corrected chi connectivity index (χ4v) is 2.65. The molecule has 2 aromatic rings. The van der Waals surface area contributed by atoms with Crippen LogP contribution in [-0.4, -0.2) is 26.0 Å². The summed E-state index contributed by atoms with van der Waals surface area (Å²) in [6.07, 6.45) is 0.150. The molecule has 0 N–H and O–H groups in total. The number of ketones is 1. The lowest BCUT2D eigenvalue weighted by Crippen LogP contribution is -2.05. The van der Waals surface area contributed by atoms with Crippen molar-refractivity contribution in [1.29, 1.82) is 0 Å². The van der Waals surface area contributed by atoms with Gasteiger partial charge in [-0.05, 0) is 23.4 Å². The predicted octanol–water partition coefficient (Wildman–Crippen LogP) is 2.16. The number of hydrogen-bond donors (Lipinski definition) is 0. The maximum Gasteiger partial charge on any atom is 0.182 e. The van der Waals surface area contributed by atoms with E-state index in [-0.39, 0.29) is 12.2 Å². The van der Waals surface area contributed by atoms with Gasteiger partial charge in [0, 0.05) is 14.5 Å². The maximum atomic E-state index is 12.0. The van der Waals surface area contributed by atoms with Crippen LogP contribution in [-0.2, 0) is 13.5 Å². The smallest absolute Gasteiger partial charge is 0.182 e. The Hall–Kier alpha value is -1.08. The number of rotatable bonds is 3. The van der Waals surface area contributed by atoms with Crippen molar-refractivity contribution in [1.82, 2.24) is 20.2 Å². The number of benzene rings is 1. The third-order valence-electron chi connectivity index (χ3n) is 2.05. The molecule has 0 saturated carbocycles. The van der Waals surface area contributed by atoms with Gasteiger partial charge in [0.15, 0.2) is 11.6 Å². The van der Waals surface area contributed by atoms with E-state index in [0.29, 0.717) is 11.4 Å². The van der Waals surface area contributed by atoms with Crippen LogP contribution in [0.2, 0.25) is 0 Å². The minimum Gasteiger partial charge on any atom is -0.294 e. The van der Waals surface area contributed by atoms with Crippen LogP contribution in [0.1, 0.15) is 16.2 Å². The molecule has 2 rings (SSSR count). The van der Waals surface area contributed by atoms with Gasteiger partial charge < -0.3 is 0 Å². The Balaban J connectivity index is 2.19. The van der Waals surface area contributed by atoms with Crippen molar-refractivity contribution in [2.75, 3.05) is 0 Å². The first-order chi connectivity index (χ1) is 8.04. The van der Waals surface area contributed by atoms with E-state index in [4.69, 9.17) is 0 Å². The van der Waals surface area contributed by atoms with Gasteiger partial charge in [-0.1, -0.05) is 31.9 Å². The van der Waals surface area contributed by atoms with Crippen molar-refractivity contribution in [2.24, 2.45) is 7.05 Å². The van der Waals surface area contributed by atoms with E-state index >= 15 is 0 Å². The lowest BCUT2D eigenvalue weighted by molar-refractivity contribution is 0.0990. The zero-order chi connectivity index (χ0) is 12.4. The van der Waals surface area contributed by atoms with Crippen LogP contribution in [0.4, 0.5) is 0 Å². The lowest BCUT2D eigenvalue weighted by Gasteiger charge is -2.00. The van der Waals surface area contributed by atoms with Gasteiger partial charge in [-0.25, -0.2) is 0 Å². The normalized spacial score (nSPS) is 10.5. The Morgan fingerprint density at radius 3 is 2.47 bits per heavy atom. The fourth-order valence-electron chi connectivity index (χ4n) is 1.35. The fraction of sp³-hybridized carbons (Fsp3) is 0.200. The first-order valence-electron chi connectivity index (χ1n) is 4.77. The highest BCUT2D eigenvalue weighted by Gasteiger charge is 2.12. The first-order valence-corrected chi connectivity index (χ1v) is 6.35. The summed E-state index contributed by atoms with van der Waals surface area (Å²) >= 11 is 6.68. The molecule has 0 saturated heterocycles. The second-order valence-corrected chi connectivity index (χ2v) is 5.28. The minimum atomic E-state index is -0.0417. The molecule has 17 heavy (non-hydrogen) atoms. The summed E-state index contributed by atoms with van der Waals surface area (Å²) in [7, 11) is 1.66. The standard InChI is InChI=1S/C10H8Br2N4O/c1-16-14-10(13-15-16)5-9(17)6-2-7(11)4-8(12)3-6/h2-4H,5H2,1H3. The molecule has 5 nitrogen and oxygen atoms in total. The molecule has 0 atom stereocenters. The van der Waals surface area contributed by atoms with Crippen LogP contribution >= 0.6 is 31.9 Å². The first kappa shape index (κ1) is 12.4. The topological polar surface area (TPSA) is 60.7 Å². The number of halogens is 2. The molecule has 0 amide bonds. The molecule has 0 fully saturated rings. The highest BCUT2D eigenvalue weighted by atomic mass is 79.9. The maximum absolute atomic E-state index is 12.0. The number of aryl methyl sites for hydroxylation is 1. The number of nitrogens with zero attached hydrogens (tertiary/aromatic N) is 4. The number of carbonyl (C=O) groups is 1. The Morgan fingerprint density at radius 2 is 1.94 bits per heavy atom. The van der Waals surface area contributed by atoms with E-state index in [1.807, 2.05) is 6.07 Å². The second kappa shape index (κ2) is 5.05. The Labute approximate surface area is 114 Å². The molecular formula is C10H8Br2N4O. The van der Waals surface area contributed by atoms with Gasteiger partial charge in [0.05, 0.1) is 13.5 Å². The molecule has 0 aliphatic heterocycles. The average Bonchev–Trinajstić information content (AvgIpc) is 2.62. The Morgan fingerprint density at radius 1 is 1.29 bits per heavy atom. The summed E-state index contributed by atoms with van der Waals surface area (Å²) in [5, 5.41) is 11.4. The van der Waals surface area contributed by atoms with E-state index < -0.39 is 0 Å². The molecule has 7 heteroatoms. The number of hydrogen-bond acceptors (Lipinski definition) is 4. The Kier molecular flexibility index (Phi) is 3.68. The van der Waals surface area contributed by atoms with Gasteiger partial charge in [-0.2, -0.15) is 4.80 Å². The van der Waals surface area contributed by atoms with Crippen molar-refractivity contribution in [2.45, 2.75) is 6.42 Å². The monoisotopic (exact) mass is 358 g/mol. The van der Waals surface area contributed by atoms with Gasteiger partial charge in [-0.15, -0.1) is 10.2 Å². The molecule has 0 unspecified atom stereocenters. The molecule has 0 aliphatic rings. The van der Waals surface area contributed by atoms with Gasteiger partial charge in [0.25, 0.3) is 0 Å². The summed E-state index contributed by atoms with van der Waals surface area (Å²) in [5.74, 6) is 0.383. The Bertz CT molecular complexity index is 547. The number of Topliss-reactive ketones (excluding diaryl/α,β-unsaturated/α-hetero) is 1. The van der Waals surface area contributed by atoms with Crippen molar-refractivity contribution < 1.29 is 4.79 Å². The molecule has 88 valence electrons. The average molecular weight is 360 g/mol. The highest BCUT2D eigenvalue weighted by molar-refractivity contribution is 9.11. The lowest BCUT2D eigenvalue weighted by atomic mass is 10.1. The van der Waals surface area contributed by atoms with E-state index in [1.54, 1.807) is 19.2 Å². The number of aromatic nitrogens is 4. The summed E-state index contributed by atoms with van der Waals surface area (Å²) in [5.41, 5.74) is 0.610. The van der Waals surface area contributed by atoms with Gasteiger partial charge in [0.1, 0.15) is 0 Å². The molecular weight excluding hydrogens is 352 g/mol. The van der Waals surface area contributed by atoms with Gasteiger partial charge >= 0.3 is 0 Å². The van der Waals surface area contributed by atoms with Crippen molar-refractivity contribution in [3.8, 4) is 0 Å². The molecule has 1 aromatic heterocycles. The van der Waals surface area contributed by atoms with E-state index in [1.165, 1.54) is 4.80 Å². The van der Waals surface area contributed by atoms with Crippen LogP contribution < -0.4 is 0 Å². The van der Waals surface area contributed by atoms with Crippen LogP contribution in [0.15, 0.2) is 27.1 Å². The van der Waals surface area contributed by atoms with Crippen LogP contribution in [0.5, 0.6) is 0 Å². The zero-order valence-electron chi connectivity index (χ0n) is 8.89. The van der Waals surface area contributed by atoms with E-state index in [9.17, 15) is 4.79 Å². The van der Waals surface area contributed by atoms with Crippen molar-refractivity contribution >= 4 is 37.6 Å². The van der Waals surface area contributed by atoms with Crippen molar-refractivity contribution in [3.63, 3.8) is 0 Å². The summed E-state index contributed by atoms with van der Waals surface area (Å²) in [4.78, 5) is 13.3. The summed E-state index contributed by atoms with van der Waals surface area (Å²) < 4.78 is 1.70. The molecule has 1 aromatic carbocycles. The van der Waals surface area contributed by atoms with E-state index in [0.717, 1.165) is 8.95 Å². The summed E-state index contributed by atoms with van der Waals surface area (Å²) in [6, 6.07) is 5.41. The third-order valence-corrected chi connectivity index (χ3v) is 2.97. The molecule has 0 radical (unpaired) electrons. The van der Waals surface area contributed by atoms with E-state index in [2.05, 4.69) is 47.3 Å². The van der Waals surface area contributed by atoms with Crippen molar-refractivity contribution in [3.05, 3.63) is 38.5 Å². The SMILES string of the molecule is Cn1nnc(CC(=O)c2cc(Br)cc(Br)c2)n1. The van der Waals surface area contributed by atoms with Crippen LogP contribution in [0.3, 0.4) is 0 Å². The number of carbonyl (C=O) groups excluding carboxylic acids is 1. The molecule has 0 spiro atoms. The molecule has 0 bridgehead atoms. The zero-order valence-corrected chi connectivity index (χ0v) is 12.1. The largest absolute Gasteiger partial charge is 0.294 e. The quantitative estimate of drug-likeness (QED) is 0.788. The highest BCUT2D eigenvalue weighted by Crippen LogP contribution is 2.20. The predicted molar refractivity (Wildman–Crippen MR) is 68.7 cm³/mol.